The molecule has 0 aromatic rings. The van der Waals surface area contributed by atoms with Crippen molar-refractivity contribution in [1.82, 2.24) is 16.0 Å². The maximum absolute atomic E-state index is 5.38. The van der Waals surface area contributed by atoms with Gasteiger partial charge in [-0.2, -0.15) is 0 Å². The summed E-state index contributed by atoms with van der Waals surface area (Å²) in [6.07, 6.45) is 2.13. The van der Waals surface area contributed by atoms with Gasteiger partial charge < -0.3 is 20.7 Å². The molecule has 1 atom stereocenters. The highest BCUT2D eigenvalue weighted by Gasteiger charge is 2.37. The van der Waals surface area contributed by atoms with Crippen molar-refractivity contribution >= 4 is 17.3 Å². The molecule has 3 N–H and O–H groups in total. The fraction of sp³-hybridized carbons (Fsp3) is 0.929. The molecule has 0 unspecified atom stereocenters. The first-order valence-electron chi connectivity index (χ1n) is 6.99. The zero-order valence-electron chi connectivity index (χ0n) is 13.1. The van der Waals surface area contributed by atoms with Crippen LogP contribution in [0.4, 0.5) is 0 Å². The molecule has 0 spiro atoms. The summed E-state index contributed by atoms with van der Waals surface area (Å²) in [6.45, 7) is 11.7. The van der Waals surface area contributed by atoms with Crippen LogP contribution in [0.1, 0.15) is 47.5 Å². The van der Waals surface area contributed by atoms with Crippen LogP contribution in [0.15, 0.2) is 0 Å². The summed E-state index contributed by atoms with van der Waals surface area (Å²) in [5, 5.41) is 11.1. The molecule has 5 heteroatoms. The second kappa shape index (κ2) is 6.37. The van der Waals surface area contributed by atoms with E-state index < -0.39 is 0 Å². The SMILES string of the molecule is COC[C@H](C)NC(=S)NC1CC(C)(C)NC(C)(C)C1. The number of methoxy groups -OCH3 is 1. The molecule has 0 amide bonds. The van der Waals surface area contributed by atoms with Crippen LogP contribution in [-0.2, 0) is 4.74 Å². The van der Waals surface area contributed by atoms with Gasteiger partial charge in [-0.05, 0) is 59.7 Å². The summed E-state index contributed by atoms with van der Waals surface area (Å²) in [5.74, 6) is 0. The molecule has 19 heavy (non-hydrogen) atoms. The summed E-state index contributed by atoms with van der Waals surface area (Å²) in [6, 6.07) is 0.633. The summed E-state index contributed by atoms with van der Waals surface area (Å²) < 4.78 is 5.10. The Balaban J connectivity index is 2.49. The quantitative estimate of drug-likeness (QED) is 0.688. The highest BCUT2D eigenvalue weighted by molar-refractivity contribution is 7.80. The number of hydrogen-bond acceptors (Lipinski definition) is 3. The van der Waals surface area contributed by atoms with E-state index in [1.807, 2.05) is 0 Å². The van der Waals surface area contributed by atoms with E-state index in [-0.39, 0.29) is 17.1 Å². The van der Waals surface area contributed by atoms with Crippen LogP contribution in [-0.4, -0.2) is 42.0 Å². The molecule has 1 fully saturated rings. The molecule has 1 aliphatic heterocycles. The van der Waals surface area contributed by atoms with Gasteiger partial charge in [-0.15, -0.1) is 0 Å². The van der Waals surface area contributed by atoms with E-state index in [0.29, 0.717) is 12.6 Å². The molecular formula is C14H29N3OS. The van der Waals surface area contributed by atoms with Gasteiger partial charge in [-0.1, -0.05) is 0 Å². The minimum Gasteiger partial charge on any atom is -0.383 e. The first kappa shape index (κ1) is 16.7. The average Bonchev–Trinajstić information content (AvgIpc) is 2.10. The van der Waals surface area contributed by atoms with Gasteiger partial charge in [0, 0.05) is 30.3 Å². The first-order valence-corrected chi connectivity index (χ1v) is 7.40. The van der Waals surface area contributed by atoms with Crippen LogP contribution in [0.25, 0.3) is 0 Å². The Morgan fingerprint density at radius 1 is 1.32 bits per heavy atom. The topological polar surface area (TPSA) is 45.3 Å². The second-order valence-corrected chi connectivity index (χ2v) is 7.38. The maximum Gasteiger partial charge on any atom is 0.166 e. The van der Waals surface area contributed by atoms with E-state index in [4.69, 9.17) is 17.0 Å². The lowest BCUT2D eigenvalue weighted by Gasteiger charge is -2.47. The molecule has 0 aromatic heterocycles. The van der Waals surface area contributed by atoms with Gasteiger partial charge in [-0.3, -0.25) is 0 Å². The third-order valence-electron chi connectivity index (χ3n) is 3.32. The van der Waals surface area contributed by atoms with Crippen LogP contribution >= 0.6 is 12.2 Å². The Morgan fingerprint density at radius 3 is 2.32 bits per heavy atom. The Morgan fingerprint density at radius 2 is 1.84 bits per heavy atom. The fourth-order valence-electron chi connectivity index (χ4n) is 3.17. The summed E-state index contributed by atoms with van der Waals surface area (Å²) in [5.41, 5.74) is 0.264. The highest BCUT2D eigenvalue weighted by Crippen LogP contribution is 2.28. The van der Waals surface area contributed by atoms with Crippen LogP contribution in [0.3, 0.4) is 0 Å². The van der Waals surface area contributed by atoms with Crippen molar-refractivity contribution in [2.45, 2.75) is 70.6 Å². The molecule has 0 saturated carbocycles. The van der Waals surface area contributed by atoms with Crippen LogP contribution in [0.5, 0.6) is 0 Å². The summed E-state index contributed by atoms with van der Waals surface area (Å²) >= 11 is 5.38. The minimum atomic E-state index is 0.132. The van der Waals surface area contributed by atoms with E-state index in [1.54, 1.807) is 7.11 Å². The standard InChI is InChI=1S/C14H29N3OS/c1-10(9-18-6)15-12(19)16-11-7-13(2,3)17-14(4,5)8-11/h10-11,17H,7-9H2,1-6H3,(H2,15,16,19)/t10-/m0/s1. The van der Waals surface area contributed by atoms with Crippen LogP contribution in [0, 0.1) is 0 Å². The van der Waals surface area contributed by atoms with E-state index in [1.165, 1.54) is 0 Å². The Bertz CT molecular complexity index is 302. The fourth-order valence-corrected chi connectivity index (χ4v) is 3.53. The van der Waals surface area contributed by atoms with E-state index >= 15 is 0 Å². The van der Waals surface area contributed by atoms with E-state index in [2.05, 4.69) is 50.6 Å². The molecule has 1 rings (SSSR count). The lowest BCUT2D eigenvalue weighted by atomic mass is 9.80. The van der Waals surface area contributed by atoms with Crippen molar-refractivity contribution < 1.29 is 4.74 Å². The molecule has 0 bridgehead atoms. The Hall–Kier alpha value is -0.390. The Kier molecular flexibility index (Phi) is 5.59. The third kappa shape index (κ3) is 6.06. The number of nitrogens with one attached hydrogen (secondary N) is 3. The van der Waals surface area contributed by atoms with Crippen molar-refractivity contribution in [3.8, 4) is 0 Å². The number of piperidine rings is 1. The minimum absolute atomic E-state index is 0.132. The van der Waals surface area contributed by atoms with Crippen LogP contribution < -0.4 is 16.0 Å². The zero-order valence-corrected chi connectivity index (χ0v) is 13.9. The molecule has 112 valence electrons. The van der Waals surface area contributed by atoms with Crippen molar-refractivity contribution in [2.24, 2.45) is 0 Å². The smallest absolute Gasteiger partial charge is 0.166 e. The predicted molar refractivity (Wildman–Crippen MR) is 84.5 cm³/mol. The molecular weight excluding hydrogens is 258 g/mol. The molecule has 0 radical (unpaired) electrons. The van der Waals surface area contributed by atoms with Crippen molar-refractivity contribution in [2.75, 3.05) is 13.7 Å². The van der Waals surface area contributed by atoms with Gasteiger partial charge in [-0.25, -0.2) is 0 Å². The van der Waals surface area contributed by atoms with Gasteiger partial charge in [0.15, 0.2) is 5.11 Å². The highest BCUT2D eigenvalue weighted by atomic mass is 32.1. The number of rotatable bonds is 4. The van der Waals surface area contributed by atoms with E-state index in [9.17, 15) is 0 Å². The van der Waals surface area contributed by atoms with Gasteiger partial charge >= 0.3 is 0 Å². The first-order chi connectivity index (χ1) is 8.63. The van der Waals surface area contributed by atoms with E-state index in [0.717, 1.165) is 18.0 Å². The van der Waals surface area contributed by atoms with Crippen LogP contribution in [0.2, 0.25) is 0 Å². The second-order valence-electron chi connectivity index (χ2n) is 6.97. The maximum atomic E-state index is 5.38. The zero-order chi connectivity index (χ0) is 14.7. The largest absolute Gasteiger partial charge is 0.383 e. The monoisotopic (exact) mass is 287 g/mol. The van der Waals surface area contributed by atoms with Gasteiger partial charge in [0.25, 0.3) is 0 Å². The number of ether oxygens (including phenoxy) is 1. The van der Waals surface area contributed by atoms with Crippen molar-refractivity contribution in [3.63, 3.8) is 0 Å². The molecule has 1 saturated heterocycles. The lowest BCUT2D eigenvalue weighted by Crippen LogP contribution is -2.63. The lowest BCUT2D eigenvalue weighted by molar-refractivity contribution is 0.154. The molecule has 0 aliphatic carbocycles. The third-order valence-corrected chi connectivity index (χ3v) is 3.56. The number of hydrogen-bond donors (Lipinski definition) is 3. The average molecular weight is 287 g/mol. The molecule has 1 aliphatic rings. The molecule has 4 nitrogen and oxygen atoms in total. The molecule has 0 aromatic carbocycles. The van der Waals surface area contributed by atoms with Crippen molar-refractivity contribution in [3.05, 3.63) is 0 Å². The van der Waals surface area contributed by atoms with Gasteiger partial charge in [0.1, 0.15) is 0 Å². The predicted octanol–water partition coefficient (Wildman–Crippen LogP) is 1.79. The normalized spacial score (nSPS) is 23.7. The summed E-state index contributed by atoms with van der Waals surface area (Å²) in [4.78, 5) is 0. The number of thiocarbonyl (C=S) groups is 1. The van der Waals surface area contributed by atoms with Gasteiger partial charge in [0.2, 0.25) is 0 Å². The Labute approximate surface area is 123 Å². The van der Waals surface area contributed by atoms with Gasteiger partial charge in [0.05, 0.1) is 6.61 Å². The molecule has 1 heterocycles. The summed E-state index contributed by atoms with van der Waals surface area (Å²) in [7, 11) is 1.70. The van der Waals surface area contributed by atoms with Crippen molar-refractivity contribution in [1.29, 1.82) is 0 Å².